The maximum atomic E-state index is 13.6. The molecule has 150 valence electrons. The van der Waals surface area contributed by atoms with Crippen molar-refractivity contribution in [3.8, 4) is 0 Å². The lowest BCUT2D eigenvalue weighted by atomic mass is 9.77. The lowest BCUT2D eigenvalue weighted by Gasteiger charge is -2.39. The van der Waals surface area contributed by atoms with Crippen LogP contribution >= 0.6 is 11.6 Å². The van der Waals surface area contributed by atoms with Crippen molar-refractivity contribution in [1.29, 1.82) is 0 Å². The molecule has 2 aliphatic rings. The highest BCUT2D eigenvalue weighted by Crippen LogP contribution is 2.47. The average molecular weight is 420 g/mol. The van der Waals surface area contributed by atoms with Gasteiger partial charge in [-0.3, -0.25) is 14.5 Å². The monoisotopic (exact) mass is 419 g/mol. The van der Waals surface area contributed by atoms with Gasteiger partial charge in [0.15, 0.2) is 5.78 Å². The van der Waals surface area contributed by atoms with Crippen molar-refractivity contribution in [3.05, 3.63) is 76.0 Å². The van der Waals surface area contributed by atoms with E-state index in [-0.39, 0.29) is 17.9 Å². The Balaban J connectivity index is 1.92. The van der Waals surface area contributed by atoms with Crippen LogP contribution in [0.1, 0.15) is 42.7 Å². The first kappa shape index (κ1) is 19.7. The van der Waals surface area contributed by atoms with Crippen LogP contribution < -0.4 is 4.90 Å². The predicted molar refractivity (Wildman–Crippen MR) is 104 cm³/mol. The number of carbonyl (C=O) groups excluding carboxylic acids is 2. The van der Waals surface area contributed by atoms with Crippen LogP contribution in [0.25, 0.3) is 0 Å². The summed E-state index contributed by atoms with van der Waals surface area (Å²) in [5, 5.41) is 0.430. The number of hydrogen-bond donors (Lipinski definition) is 0. The van der Waals surface area contributed by atoms with Gasteiger partial charge in [-0.05, 0) is 36.6 Å². The first-order valence-corrected chi connectivity index (χ1v) is 9.66. The number of nitrogens with zero attached hydrogens (tertiary/aromatic N) is 1. The number of anilines is 1. The molecule has 0 spiro atoms. The minimum atomic E-state index is -4.62. The molecular weight excluding hydrogens is 403 g/mol. The molecule has 0 N–H and O–H groups in total. The Morgan fingerprint density at radius 3 is 2.38 bits per heavy atom. The summed E-state index contributed by atoms with van der Waals surface area (Å²) < 4.78 is 40.8. The fourth-order valence-electron chi connectivity index (χ4n) is 4.20. The molecular formula is C22H17ClF3NO2. The van der Waals surface area contributed by atoms with Crippen LogP contribution in [-0.2, 0) is 15.8 Å². The lowest BCUT2D eigenvalue weighted by molar-refractivity contribution is -0.137. The maximum Gasteiger partial charge on any atom is 0.418 e. The molecule has 1 aliphatic heterocycles. The zero-order valence-corrected chi connectivity index (χ0v) is 16.1. The van der Waals surface area contributed by atoms with Crippen LogP contribution in [0.3, 0.4) is 0 Å². The summed E-state index contributed by atoms with van der Waals surface area (Å²) in [7, 11) is 0. The van der Waals surface area contributed by atoms with E-state index in [1.165, 1.54) is 18.2 Å². The van der Waals surface area contributed by atoms with Gasteiger partial charge < -0.3 is 0 Å². The zero-order valence-electron chi connectivity index (χ0n) is 15.3. The van der Waals surface area contributed by atoms with Gasteiger partial charge in [-0.15, -0.1) is 0 Å². The van der Waals surface area contributed by atoms with Crippen molar-refractivity contribution in [1.82, 2.24) is 0 Å². The summed E-state index contributed by atoms with van der Waals surface area (Å²) in [5.41, 5.74) is 0.285. The largest absolute Gasteiger partial charge is 0.418 e. The van der Waals surface area contributed by atoms with Gasteiger partial charge in [-0.25, -0.2) is 0 Å². The predicted octanol–water partition coefficient (Wildman–Crippen LogP) is 5.89. The van der Waals surface area contributed by atoms with Crippen LogP contribution in [-0.4, -0.2) is 11.7 Å². The van der Waals surface area contributed by atoms with E-state index < -0.39 is 23.6 Å². The highest BCUT2D eigenvalue weighted by molar-refractivity contribution is 6.31. The van der Waals surface area contributed by atoms with E-state index in [9.17, 15) is 22.8 Å². The van der Waals surface area contributed by atoms with Crippen LogP contribution in [0.15, 0.2) is 59.8 Å². The number of benzene rings is 2. The molecule has 2 aromatic carbocycles. The van der Waals surface area contributed by atoms with Crippen molar-refractivity contribution < 1.29 is 22.8 Å². The molecule has 7 heteroatoms. The third-order valence-corrected chi connectivity index (χ3v) is 5.75. The highest BCUT2D eigenvalue weighted by Gasteiger charge is 2.43. The molecule has 1 unspecified atom stereocenters. The fraction of sp³-hybridized carbons (Fsp3) is 0.273. The zero-order chi connectivity index (χ0) is 20.8. The lowest BCUT2D eigenvalue weighted by Crippen LogP contribution is -2.41. The van der Waals surface area contributed by atoms with Crippen molar-refractivity contribution in [2.45, 2.75) is 37.8 Å². The van der Waals surface area contributed by atoms with Crippen LogP contribution in [0.5, 0.6) is 0 Å². The van der Waals surface area contributed by atoms with E-state index in [1.54, 1.807) is 24.3 Å². The first-order chi connectivity index (χ1) is 13.8. The number of para-hydroxylation sites is 1. The molecule has 0 radical (unpaired) electrons. The highest BCUT2D eigenvalue weighted by atomic mass is 35.5. The first-order valence-electron chi connectivity index (χ1n) is 9.29. The molecule has 29 heavy (non-hydrogen) atoms. The van der Waals surface area contributed by atoms with E-state index >= 15 is 0 Å². The van der Waals surface area contributed by atoms with Gasteiger partial charge >= 0.3 is 6.18 Å². The van der Waals surface area contributed by atoms with Crippen molar-refractivity contribution in [3.63, 3.8) is 0 Å². The number of carbonyl (C=O) groups is 2. The number of alkyl halides is 3. The van der Waals surface area contributed by atoms with Gasteiger partial charge in [0.05, 0.1) is 11.3 Å². The summed E-state index contributed by atoms with van der Waals surface area (Å²) >= 11 is 6.32. The molecule has 1 amide bonds. The summed E-state index contributed by atoms with van der Waals surface area (Å²) in [5.74, 6) is -1.16. The molecule has 1 aliphatic carbocycles. The number of amides is 1. The average Bonchev–Trinajstić information content (AvgIpc) is 2.67. The smallest absolute Gasteiger partial charge is 0.294 e. The Kier molecular flexibility index (Phi) is 4.99. The van der Waals surface area contributed by atoms with E-state index in [0.717, 1.165) is 11.0 Å². The number of halogens is 4. The topological polar surface area (TPSA) is 37.4 Å². The summed E-state index contributed by atoms with van der Waals surface area (Å²) in [6.45, 7) is 0. The molecule has 1 atom stereocenters. The second-order valence-electron chi connectivity index (χ2n) is 7.16. The Bertz CT molecular complexity index is 1030. The molecule has 2 aromatic rings. The van der Waals surface area contributed by atoms with E-state index in [1.807, 2.05) is 0 Å². The van der Waals surface area contributed by atoms with Crippen molar-refractivity contribution in [2.24, 2.45) is 0 Å². The fourth-order valence-corrected chi connectivity index (χ4v) is 4.47. The van der Waals surface area contributed by atoms with Gasteiger partial charge in [0, 0.05) is 35.1 Å². The summed E-state index contributed by atoms with van der Waals surface area (Å²) in [4.78, 5) is 27.0. The summed E-state index contributed by atoms with van der Waals surface area (Å²) in [6, 6.07) is 11.9. The molecule has 4 rings (SSSR count). The Morgan fingerprint density at radius 1 is 0.966 bits per heavy atom. The molecule has 0 saturated carbocycles. The Morgan fingerprint density at radius 2 is 1.66 bits per heavy atom. The van der Waals surface area contributed by atoms with Crippen LogP contribution in [0, 0.1) is 0 Å². The standard InChI is InChI=1S/C22H17ClF3NO2/c23-16-8-3-1-6-13(16)14-12-20(29)27(18-10-5-11-19(28)21(14)18)17-9-4-2-7-15(17)22(24,25)26/h1-4,6-9,14H,5,10-12H2. The minimum absolute atomic E-state index is 0.111. The number of rotatable bonds is 2. The number of allylic oxidation sites excluding steroid dienone is 2. The van der Waals surface area contributed by atoms with Gasteiger partial charge in [0.25, 0.3) is 0 Å². The normalized spacial score (nSPS) is 20.1. The van der Waals surface area contributed by atoms with Crippen molar-refractivity contribution in [2.75, 3.05) is 4.90 Å². The third-order valence-electron chi connectivity index (χ3n) is 5.41. The second-order valence-corrected chi connectivity index (χ2v) is 7.57. The molecule has 0 aromatic heterocycles. The minimum Gasteiger partial charge on any atom is -0.294 e. The molecule has 1 heterocycles. The molecule has 0 saturated heterocycles. The van der Waals surface area contributed by atoms with E-state index in [4.69, 9.17) is 11.6 Å². The van der Waals surface area contributed by atoms with Gasteiger partial charge in [0.2, 0.25) is 5.91 Å². The number of hydrogen-bond acceptors (Lipinski definition) is 2. The summed E-state index contributed by atoms with van der Waals surface area (Å²) in [6.07, 6.45) is -3.57. The molecule has 0 bridgehead atoms. The number of Topliss-reactive ketones (excluding diaryl/α,β-unsaturated/α-hetero) is 1. The van der Waals surface area contributed by atoms with Crippen LogP contribution in [0.2, 0.25) is 5.02 Å². The van der Waals surface area contributed by atoms with Gasteiger partial charge in [0.1, 0.15) is 0 Å². The van der Waals surface area contributed by atoms with E-state index in [0.29, 0.717) is 41.1 Å². The quantitative estimate of drug-likeness (QED) is 0.609. The third kappa shape index (κ3) is 3.46. The van der Waals surface area contributed by atoms with Crippen molar-refractivity contribution >= 4 is 29.0 Å². The van der Waals surface area contributed by atoms with Crippen LogP contribution in [0.4, 0.5) is 18.9 Å². The SMILES string of the molecule is O=C1CCCC2=C1C(c1ccccc1Cl)CC(=O)N2c1ccccc1C(F)(F)F. The number of ketones is 1. The maximum absolute atomic E-state index is 13.6. The van der Waals surface area contributed by atoms with Gasteiger partial charge in [-0.2, -0.15) is 13.2 Å². The molecule has 3 nitrogen and oxygen atoms in total. The Labute approximate surface area is 170 Å². The second kappa shape index (κ2) is 7.34. The van der Waals surface area contributed by atoms with E-state index in [2.05, 4.69) is 0 Å². The van der Waals surface area contributed by atoms with Gasteiger partial charge in [-0.1, -0.05) is 41.9 Å². The molecule has 0 fully saturated rings. The Hall–Kier alpha value is -2.60.